The Labute approximate surface area is 140 Å². The molecule has 124 valence electrons. The van der Waals surface area contributed by atoms with E-state index in [4.69, 9.17) is 4.42 Å². The van der Waals surface area contributed by atoms with Gasteiger partial charge in [-0.2, -0.15) is 0 Å². The number of amides is 1. The van der Waals surface area contributed by atoms with E-state index in [9.17, 15) is 9.18 Å². The van der Waals surface area contributed by atoms with Gasteiger partial charge in [-0.1, -0.05) is 37.3 Å². The largest absolute Gasteiger partial charge is 0.461 e. The van der Waals surface area contributed by atoms with E-state index >= 15 is 0 Å². The topological polar surface area (TPSA) is 33.5 Å². The molecule has 0 atom stereocenters. The van der Waals surface area contributed by atoms with Crippen molar-refractivity contribution in [3.8, 4) is 0 Å². The van der Waals surface area contributed by atoms with Crippen molar-refractivity contribution in [2.24, 2.45) is 0 Å². The minimum atomic E-state index is -0.322. The third-order valence-corrected chi connectivity index (χ3v) is 4.17. The molecule has 0 radical (unpaired) electrons. The second-order valence-corrected chi connectivity index (χ2v) is 5.91. The van der Waals surface area contributed by atoms with Gasteiger partial charge in [0.2, 0.25) is 5.91 Å². The first-order valence-electron chi connectivity index (χ1n) is 8.06. The fourth-order valence-corrected chi connectivity index (χ4v) is 2.89. The van der Waals surface area contributed by atoms with Crippen molar-refractivity contribution in [3.63, 3.8) is 0 Å². The molecule has 0 unspecified atom stereocenters. The first-order valence-corrected chi connectivity index (χ1v) is 8.06. The van der Waals surface area contributed by atoms with Crippen LogP contribution in [-0.4, -0.2) is 17.9 Å². The summed E-state index contributed by atoms with van der Waals surface area (Å²) in [4.78, 5) is 14.1. The van der Waals surface area contributed by atoms with Gasteiger partial charge >= 0.3 is 0 Å². The van der Waals surface area contributed by atoms with Crippen LogP contribution in [0.5, 0.6) is 0 Å². The summed E-state index contributed by atoms with van der Waals surface area (Å²) in [6.45, 7) is 2.52. The molecule has 1 heterocycles. The van der Waals surface area contributed by atoms with Gasteiger partial charge in [-0.25, -0.2) is 4.39 Å². The lowest BCUT2D eigenvalue weighted by atomic mass is 10.1. The molecule has 1 amide bonds. The molecule has 3 aromatic rings. The monoisotopic (exact) mass is 325 g/mol. The predicted molar refractivity (Wildman–Crippen MR) is 92.2 cm³/mol. The van der Waals surface area contributed by atoms with Gasteiger partial charge in [-0.15, -0.1) is 0 Å². The van der Waals surface area contributed by atoms with E-state index < -0.39 is 0 Å². The Morgan fingerprint density at radius 1 is 1.17 bits per heavy atom. The number of rotatable bonds is 5. The number of benzene rings is 2. The molecule has 3 rings (SSSR count). The highest BCUT2D eigenvalue weighted by Crippen LogP contribution is 2.27. The van der Waals surface area contributed by atoms with Crippen LogP contribution in [0, 0.1) is 5.82 Å². The number of fused-ring (bicyclic) bond motifs is 1. The Hall–Kier alpha value is -2.62. The molecule has 4 heteroatoms. The van der Waals surface area contributed by atoms with Crippen LogP contribution in [0.15, 0.2) is 52.9 Å². The summed E-state index contributed by atoms with van der Waals surface area (Å²) in [7, 11) is 1.77. The molecule has 24 heavy (non-hydrogen) atoms. The van der Waals surface area contributed by atoms with E-state index in [1.807, 2.05) is 31.2 Å². The minimum absolute atomic E-state index is 0.0482. The Morgan fingerprint density at radius 3 is 2.71 bits per heavy atom. The van der Waals surface area contributed by atoms with Crippen molar-refractivity contribution in [2.75, 3.05) is 7.05 Å². The van der Waals surface area contributed by atoms with Crippen molar-refractivity contribution in [1.29, 1.82) is 0 Å². The van der Waals surface area contributed by atoms with Gasteiger partial charge in [0.15, 0.2) is 0 Å². The third kappa shape index (κ3) is 3.32. The number of aryl methyl sites for hydroxylation is 1. The van der Waals surface area contributed by atoms with Crippen molar-refractivity contribution in [2.45, 2.75) is 26.3 Å². The average Bonchev–Trinajstić information content (AvgIpc) is 2.92. The summed E-state index contributed by atoms with van der Waals surface area (Å²) in [6.07, 6.45) is 0.960. The van der Waals surface area contributed by atoms with Crippen LogP contribution in [0.25, 0.3) is 11.0 Å². The molecule has 2 aromatic carbocycles. The van der Waals surface area contributed by atoms with Gasteiger partial charge in [-0.05, 0) is 23.8 Å². The maximum Gasteiger partial charge on any atom is 0.227 e. The van der Waals surface area contributed by atoms with Crippen LogP contribution in [0.4, 0.5) is 4.39 Å². The van der Waals surface area contributed by atoms with Gasteiger partial charge < -0.3 is 9.32 Å². The number of carbonyl (C=O) groups excluding carboxylic acids is 1. The van der Waals surface area contributed by atoms with Crippen molar-refractivity contribution < 1.29 is 13.6 Å². The number of hydrogen-bond acceptors (Lipinski definition) is 2. The van der Waals surface area contributed by atoms with E-state index in [0.717, 1.165) is 28.7 Å². The Balaban J connectivity index is 1.79. The number of nitrogens with zero attached hydrogens (tertiary/aromatic N) is 1. The number of halogens is 1. The molecule has 0 N–H and O–H groups in total. The highest BCUT2D eigenvalue weighted by Gasteiger charge is 2.17. The predicted octanol–water partition coefficient (Wildman–Crippen LogP) is 4.34. The maximum atomic E-state index is 13.3. The number of hydrogen-bond donors (Lipinski definition) is 0. The first kappa shape index (κ1) is 16.2. The Kier molecular flexibility index (Phi) is 4.65. The molecular formula is C20H20FNO2. The van der Waals surface area contributed by atoms with Crippen molar-refractivity contribution in [1.82, 2.24) is 4.90 Å². The summed E-state index contributed by atoms with van der Waals surface area (Å²) in [5.74, 6) is 0.534. The summed E-state index contributed by atoms with van der Waals surface area (Å²) >= 11 is 0. The number of likely N-dealkylation sites (N-methyl/N-ethyl adjacent to an activating group) is 1. The lowest BCUT2D eigenvalue weighted by Gasteiger charge is -2.17. The van der Waals surface area contributed by atoms with Crippen LogP contribution < -0.4 is 0 Å². The Morgan fingerprint density at radius 2 is 1.96 bits per heavy atom. The molecular weight excluding hydrogens is 305 g/mol. The highest BCUT2D eigenvalue weighted by molar-refractivity contribution is 5.83. The maximum absolute atomic E-state index is 13.3. The van der Waals surface area contributed by atoms with E-state index in [-0.39, 0.29) is 18.1 Å². The lowest BCUT2D eigenvalue weighted by Crippen LogP contribution is -2.28. The normalized spacial score (nSPS) is 11.0. The van der Waals surface area contributed by atoms with E-state index in [1.54, 1.807) is 24.1 Å². The van der Waals surface area contributed by atoms with Gasteiger partial charge in [0, 0.05) is 31.0 Å². The summed E-state index contributed by atoms with van der Waals surface area (Å²) in [5, 5.41) is 1.04. The molecule has 0 fully saturated rings. The number of carbonyl (C=O) groups is 1. The van der Waals surface area contributed by atoms with Gasteiger partial charge in [-0.3, -0.25) is 4.79 Å². The summed E-state index contributed by atoms with van der Waals surface area (Å²) in [5.41, 5.74) is 2.57. The molecule has 0 spiro atoms. The molecule has 0 saturated heterocycles. The Bertz CT molecular complexity index is 869. The molecule has 0 saturated carbocycles. The number of para-hydroxylation sites is 1. The first-order chi connectivity index (χ1) is 11.6. The summed E-state index contributed by atoms with van der Waals surface area (Å²) in [6, 6.07) is 14.0. The highest BCUT2D eigenvalue weighted by atomic mass is 19.1. The van der Waals surface area contributed by atoms with Crippen molar-refractivity contribution in [3.05, 3.63) is 71.2 Å². The molecule has 0 aliphatic carbocycles. The zero-order valence-corrected chi connectivity index (χ0v) is 13.9. The molecule has 0 bridgehead atoms. The molecule has 0 aliphatic heterocycles. The second kappa shape index (κ2) is 6.87. The van der Waals surface area contributed by atoms with Crippen molar-refractivity contribution >= 4 is 16.9 Å². The van der Waals surface area contributed by atoms with E-state index in [1.165, 1.54) is 12.1 Å². The SMILES string of the molecule is CCc1oc2ccccc2c1CN(C)C(=O)Cc1cccc(F)c1. The minimum Gasteiger partial charge on any atom is -0.461 e. The van der Waals surface area contributed by atoms with Crippen LogP contribution >= 0.6 is 0 Å². The van der Waals surface area contributed by atoms with Crippen LogP contribution in [-0.2, 0) is 24.2 Å². The number of furan rings is 1. The van der Waals surface area contributed by atoms with E-state index in [2.05, 4.69) is 0 Å². The fraction of sp³-hybridized carbons (Fsp3) is 0.250. The standard InChI is InChI=1S/C20H20FNO2/c1-3-18-17(16-9-4-5-10-19(16)24-18)13-22(2)20(23)12-14-7-6-8-15(21)11-14/h4-11H,3,12-13H2,1-2H3. The molecule has 0 aliphatic rings. The molecule has 1 aromatic heterocycles. The van der Waals surface area contributed by atoms with Gasteiger partial charge in [0.25, 0.3) is 0 Å². The summed E-state index contributed by atoms with van der Waals surface area (Å²) < 4.78 is 19.1. The van der Waals surface area contributed by atoms with Gasteiger partial charge in [0.1, 0.15) is 17.2 Å². The van der Waals surface area contributed by atoms with Crippen LogP contribution in [0.3, 0.4) is 0 Å². The van der Waals surface area contributed by atoms with Gasteiger partial charge in [0.05, 0.1) is 6.42 Å². The quantitative estimate of drug-likeness (QED) is 0.699. The lowest BCUT2D eigenvalue weighted by molar-refractivity contribution is -0.129. The van der Waals surface area contributed by atoms with E-state index in [0.29, 0.717) is 12.1 Å². The van der Waals surface area contributed by atoms with Crippen LogP contribution in [0.2, 0.25) is 0 Å². The average molecular weight is 325 g/mol. The second-order valence-electron chi connectivity index (χ2n) is 5.91. The third-order valence-electron chi connectivity index (χ3n) is 4.17. The zero-order chi connectivity index (χ0) is 17.1. The molecule has 3 nitrogen and oxygen atoms in total. The van der Waals surface area contributed by atoms with Crippen LogP contribution in [0.1, 0.15) is 23.8 Å². The zero-order valence-electron chi connectivity index (χ0n) is 13.9. The fourth-order valence-electron chi connectivity index (χ4n) is 2.89. The smallest absolute Gasteiger partial charge is 0.227 e.